The van der Waals surface area contributed by atoms with E-state index >= 15 is 0 Å². The predicted molar refractivity (Wildman–Crippen MR) is 42.3 cm³/mol. The molecule has 0 N–H and O–H groups in total. The molecule has 2 aliphatic rings. The lowest BCUT2D eigenvalue weighted by molar-refractivity contribution is 0.421. The molecule has 0 aromatic heterocycles. The third-order valence-electron chi connectivity index (χ3n) is 2.67. The normalized spacial score (nSPS) is 35.5. The van der Waals surface area contributed by atoms with Crippen molar-refractivity contribution in [2.75, 3.05) is 13.6 Å². The number of aliphatic imine (C=N–C) groups is 1. The summed E-state index contributed by atoms with van der Waals surface area (Å²) < 4.78 is 0. The molecule has 0 amide bonds. The minimum Gasteiger partial charge on any atom is -0.357 e. The zero-order valence-electron chi connectivity index (χ0n) is 6.51. The number of amidine groups is 1. The van der Waals surface area contributed by atoms with Crippen molar-refractivity contribution in [1.29, 1.82) is 0 Å². The van der Waals surface area contributed by atoms with Gasteiger partial charge in [0.2, 0.25) is 0 Å². The van der Waals surface area contributed by atoms with Crippen LogP contribution in [0.4, 0.5) is 0 Å². The first kappa shape index (κ1) is 6.20. The maximum Gasteiger partial charge on any atom is 0.0988 e. The van der Waals surface area contributed by atoms with E-state index in [-0.39, 0.29) is 0 Å². The molecule has 2 heterocycles. The van der Waals surface area contributed by atoms with Crippen LogP contribution in [0.25, 0.3) is 0 Å². The number of hydrogen-bond acceptors (Lipinski definition) is 1. The highest BCUT2D eigenvalue weighted by Gasteiger charge is 2.32. The Morgan fingerprint density at radius 3 is 3.20 bits per heavy atom. The molecule has 1 atom stereocenters. The van der Waals surface area contributed by atoms with Crippen molar-refractivity contribution in [2.45, 2.75) is 31.7 Å². The van der Waals surface area contributed by atoms with Gasteiger partial charge in [-0.15, -0.1) is 0 Å². The highest BCUT2D eigenvalue weighted by atomic mass is 15.2. The fraction of sp³-hybridized carbons (Fsp3) is 0.875. The first-order valence-electron chi connectivity index (χ1n) is 4.14. The van der Waals surface area contributed by atoms with Crippen molar-refractivity contribution >= 4 is 5.84 Å². The molecule has 0 radical (unpaired) electrons. The molecule has 2 heteroatoms. The topological polar surface area (TPSA) is 15.6 Å². The van der Waals surface area contributed by atoms with Crippen molar-refractivity contribution in [2.24, 2.45) is 4.99 Å². The molecule has 2 aliphatic heterocycles. The molecule has 0 bridgehead atoms. The van der Waals surface area contributed by atoms with Crippen LogP contribution in [-0.2, 0) is 0 Å². The van der Waals surface area contributed by atoms with Gasteiger partial charge in [0.15, 0.2) is 0 Å². The number of hydrogen-bond donors (Lipinski definition) is 0. The van der Waals surface area contributed by atoms with E-state index in [1.54, 1.807) is 0 Å². The SMILES string of the molecule is CN=C1CCC2CCCN12. The minimum absolute atomic E-state index is 0.860. The van der Waals surface area contributed by atoms with Gasteiger partial charge >= 0.3 is 0 Å². The Balaban J connectivity index is 2.15. The number of nitrogens with zero attached hydrogens (tertiary/aromatic N) is 2. The second-order valence-corrected chi connectivity index (χ2v) is 3.17. The molecule has 2 fully saturated rings. The molecule has 10 heavy (non-hydrogen) atoms. The zero-order chi connectivity index (χ0) is 6.97. The van der Waals surface area contributed by atoms with Crippen LogP contribution in [-0.4, -0.2) is 30.4 Å². The molecule has 0 saturated carbocycles. The molecule has 2 rings (SSSR count). The van der Waals surface area contributed by atoms with Crippen molar-refractivity contribution < 1.29 is 0 Å². The molecule has 0 aromatic carbocycles. The van der Waals surface area contributed by atoms with Crippen LogP contribution in [0.15, 0.2) is 4.99 Å². The van der Waals surface area contributed by atoms with E-state index < -0.39 is 0 Å². The van der Waals surface area contributed by atoms with Gasteiger partial charge in [-0.25, -0.2) is 0 Å². The summed E-state index contributed by atoms with van der Waals surface area (Å²) in [7, 11) is 1.91. The van der Waals surface area contributed by atoms with Gasteiger partial charge < -0.3 is 4.90 Å². The van der Waals surface area contributed by atoms with E-state index in [2.05, 4.69) is 9.89 Å². The highest BCUT2D eigenvalue weighted by molar-refractivity contribution is 5.84. The lowest BCUT2D eigenvalue weighted by Gasteiger charge is -2.16. The zero-order valence-corrected chi connectivity index (χ0v) is 6.51. The molecule has 0 aliphatic carbocycles. The Morgan fingerprint density at radius 2 is 2.40 bits per heavy atom. The Kier molecular flexibility index (Phi) is 1.40. The summed E-state index contributed by atoms with van der Waals surface area (Å²) in [6.45, 7) is 1.26. The molecular weight excluding hydrogens is 124 g/mol. The Hall–Kier alpha value is -0.530. The van der Waals surface area contributed by atoms with Crippen LogP contribution < -0.4 is 0 Å². The van der Waals surface area contributed by atoms with Gasteiger partial charge in [-0.1, -0.05) is 0 Å². The van der Waals surface area contributed by atoms with Crippen molar-refractivity contribution in [3.05, 3.63) is 0 Å². The average molecular weight is 138 g/mol. The number of fused-ring (bicyclic) bond motifs is 1. The summed E-state index contributed by atoms with van der Waals surface area (Å²) in [6, 6.07) is 0.860. The molecule has 0 aromatic rings. The minimum atomic E-state index is 0.860. The average Bonchev–Trinajstić information content (AvgIpc) is 2.44. The maximum atomic E-state index is 4.27. The van der Waals surface area contributed by atoms with Gasteiger partial charge in [0.05, 0.1) is 5.84 Å². The lowest BCUT2D eigenvalue weighted by Crippen LogP contribution is -2.26. The standard InChI is InChI=1S/C8H14N2/c1-9-8-5-4-7-3-2-6-10(7)8/h7H,2-6H2,1H3. The van der Waals surface area contributed by atoms with Crippen molar-refractivity contribution in [1.82, 2.24) is 4.90 Å². The van der Waals surface area contributed by atoms with Crippen LogP contribution in [0.2, 0.25) is 0 Å². The van der Waals surface area contributed by atoms with Gasteiger partial charge in [0.1, 0.15) is 0 Å². The smallest absolute Gasteiger partial charge is 0.0988 e. The number of rotatable bonds is 0. The van der Waals surface area contributed by atoms with Gasteiger partial charge in [-0.3, -0.25) is 4.99 Å². The van der Waals surface area contributed by atoms with E-state index in [1.165, 1.54) is 38.1 Å². The summed E-state index contributed by atoms with van der Waals surface area (Å²) in [5.74, 6) is 1.35. The van der Waals surface area contributed by atoms with Crippen molar-refractivity contribution in [3.8, 4) is 0 Å². The fourth-order valence-electron chi connectivity index (χ4n) is 2.16. The first-order chi connectivity index (χ1) is 4.92. The van der Waals surface area contributed by atoms with Crippen LogP contribution in [0.5, 0.6) is 0 Å². The van der Waals surface area contributed by atoms with Gasteiger partial charge in [-0.05, 0) is 19.3 Å². The molecule has 1 unspecified atom stereocenters. The van der Waals surface area contributed by atoms with Gasteiger partial charge in [0.25, 0.3) is 0 Å². The van der Waals surface area contributed by atoms with Crippen molar-refractivity contribution in [3.63, 3.8) is 0 Å². The summed E-state index contributed by atoms with van der Waals surface area (Å²) in [6.07, 6.45) is 5.36. The molecule has 0 spiro atoms. The van der Waals surface area contributed by atoms with Crippen LogP contribution in [0, 0.1) is 0 Å². The van der Waals surface area contributed by atoms with Gasteiger partial charge in [0, 0.05) is 26.1 Å². The summed E-state index contributed by atoms with van der Waals surface area (Å²) in [5, 5.41) is 0. The fourth-order valence-corrected chi connectivity index (χ4v) is 2.16. The van der Waals surface area contributed by atoms with E-state index in [0.717, 1.165) is 6.04 Å². The molecule has 2 nitrogen and oxygen atoms in total. The molecular formula is C8H14N2. The third-order valence-corrected chi connectivity index (χ3v) is 2.67. The van der Waals surface area contributed by atoms with E-state index in [9.17, 15) is 0 Å². The first-order valence-corrected chi connectivity index (χ1v) is 4.14. The summed E-state index contributed by atoms with van der Waals surface area (Å²) in [5.41, 5.74) is 0. The Labute approximate surface area is 61.9 Å². The monoisotopic (exact) mass is 138 g/mol. The van der Waals surface area contributed by atoms with E-state index in [4.69, 9.17) is 0 Å². The Bertz CT molecular complexity index is 163. The van der Waals surface area contributed by atoms with Gasteiger partial charge in [-0.2, -0.15) is 0 Å². The van der Waals surface area contributed by atoms with Crippen LogP contribution >= 0.6 is 0 Å². The maximum absolute atomic E-state index is 4.27. The lowest BCUT2D eigenvalue weighted by atomic mass is 10.2. The third kappa shape index (κ3) is 0.746. The predicted octanol–water partition coefficient (Wildman–Crippen LogP) is 1.27. The quantitative estimate of drug-likeness (QED) is 0.492. The second-order valence-electron chi connectivity index (χ2n) is 3.17. The summed E-state index contributed by atoms with van der Waals surface area (Å²) in [4.78, 5) is 6.76. The highest BCUT2D eigenvalue weighted by Crippen LogP contribution is 2.28. The van der Waals surface area contributed by atoms with Crippen LogP contribution in [0.3, 0.4) is 0 Å². The molecule has 56 valence electrons. The largest absolute Gasteiger partial charge is 0.357 e. The second kappa shape index (κ2) is 2.26. The van der Waals surface area contributed by atoms with E-state index in [1.807, 2.05) is 7.05 Å². The Morgan fingerprint density at radius 1 is 1.50 bits per heavy atom. The summed E-state index contributed by atoms with van der Waals surface area (Å²) >= 11 is 0. The molecule has 2 saturated heterocycles. The van der Waals surface area contributed by atoms with Crippen LogP contribution in [0.1, 0.15) is 25.7 Å². The van der Waals surface area contributed by atoms with E-state index in [0.29, 0.717) is 0 Å².